The van der Waals surface area contributed by atoms with Crippen LogP contribution in [0.25, 0.3) is 5.65 Å². The van der Waals surface area contributed by atoms with Crippen LogP contribution in [0.15, 0.2) is 23.0 Å². The summed E-state index contributed by atoms with van der Waals surface area (Å²) >= 11 is 0. The highest BCUT2D eigenvalue weighted by Crippen LogP contribution is 2.43. The molecule has 0 bridgehead atoms. The maximum atomic E-state index is 14.0. The van der Waals surface area contributed by atoms with Crippen molar-refractivity contribution < 1.29 is 36.1 Å². The van der Waals surface area contributed by atoms with Crippen molar-refractivity contribution in [1.82, 2.24) is 30.4 Å². The summed E-state index contributed by atoms with van der Waals surface area (Å²) in [5.74, 6) is -4.20. The molecule has 2 aliphatic carbocycles. The van der Waals surface area contributed by atoms with Crippen LogP contribution in [0.3, 0.4) is 0 Å². The van der Waals surface area contributed by atoms with Crippen LogP contribution < -0.4 is 10.6 Å². The molecule has 3 heterocycles. The molecular formula is C27H31F5N6O3. The predicted octanol–water partition coefficient (Wildman–Crippen LogP) is 5.54. The molecule has 3 aromatic rings. The maximum Gasteiger partial charge on any atom is 0.389 e. The molecule has 2 fully saturated rings. The molecule has 2 aliphatic rings. The van der Waals surface area contributed by atoms with Crippen LogP contribution in [0.1, 0.15) is 96.5 Å². The van der Waals surface area contributed by atoms with Gasteiger partial charge in [-0.1, -0.05) is 5.16 Å². The van der Waals surface area contributed by atoms with Crippen LogP contribution in [0.4, 0.5) is 22.0 Å². The van der Waals surface area contributed by atoms with Crippen molar-refractivity contribution in [2.45, 2.75) is 89.4 Å². The van der Waals surface area contributed by atoms with Gasteiger partial charge in [-0.2, -0.15) is 18.3 Å². The average Bonchev–Trinajstić information content (AvgIpc) is 3.57. The number of fused-ring (bicyclic) bond motifs is 1. The Morgan fingerprint density at radius 3 is 2.39 bits per heavy atom. The van der Waals surface area contributed by atoms with Gasteiger partial charge in [-0.25, -0.2) is 18.3 Å². The van der Waals surface area contributed by atoms with E-state index in [0.717, 1.165) is 12.8 Å². The van der Waals surface area contributed by atoms with Gasteiger partial charge in [0, 0.05) is 24.8 Å². The molecule has 14 heteroatoms. The highest BCUT2D eigenvalue weighted by atomic mass is 19.4. The van der Waals surface area contributed by atoms with E-state index in [1.54, 1.807) is 26.1 Å². The van der Waals surface area contributed by atoms with E-state index in [1.807, 2.05) is 0 Å². The molecule has 0 unspecified atom stereocenters. The molecular weight excluding hydrogens is 551 g/mol. The first-order valence-corrected chi connectivity index (χ1v) is 13.6. The number of carbonyl (C=O) groups excluding carboxylic acids is 2. The standard InChI is InChI=1S/C27H31F5N6O3/c1-14-15(2)37-41-24(14)25(40)36-23(17-5-8-26(28,29)9-6-17)19-13-38-20(34-19)11-18(12-33-38)22(16-3-4-16)35-21(39)7-10-27(30,31)32/h11-13,16-17,22-23H,3-10H2,1-2H3,(H,35,39)(H,36,40)/t22-,23+/m1/s1. The number of carbonyl (C=O) groups is 2. The smallest absolute Gasteiger partial charge is 0.350 e. The monoisotopic (exact) mass is 582 g/mol. The van der Waals surface area contributed by atoms with Crippen molar-refractivity contribution in [2.75, 3.05) is 0 Å². The summed E-state index contributed by atoms with van der Waals surface area (Å²) in [6.45, 7) is 3.40. The molecule has 2 amide bonds. The third kappa shape index (κ3) is 6.84. The first-order valence-electron chi connectivity index (χ1n) is 13.6. The number of nitrogens with one attached hydrogen (secondary N) is 2. The van der Waals surface area contributed by atoms with E-state index in [-0.39, 0.29) is 43.3 Å². The fourth-order valence-electron chi connectivity index (χ4n) is 5.30. The van der Waals surface area contributed by atoms with Crippen molar-refractivity contribution in [3.05, 3.63) is 46.7 Å². The first kappa shape index (κ1) is 28.9. The molecule has 3 aromatic heterocycles. The highest BCUT2D eigenvalue weighted by Gasteiger charge is 2.40. The normalized spacial score (nSPS) is 19.2. The number of nitrogens with zero attached hydrogens (tertiary/aromatic N) is 4. The summed E-state index contributed by atoms with van der Waals surface area (Å²) < 4.78 is 72.3. The Bertz CT molecular complexity index is 1420. The SMILES string of the molecule is Cc1noc(C(=O)N[C@H](c2cn3ncc([C@H](NC(=O)CCC(F)(F)F)C4CC4)cc3n2)C2CCC(F)(F)CC2)c1C. The maximum absolute atomic E-state index is 14.0. The van der Waals surface area contributed by atoms with Crippen molar-refractivity contribution in [1.29, 1.82) is 0 Å². The lowest BCUT2D eigenvalue weighted by Gasteiger charge is -2.33. The molecule has 2 atom stereocenters. The van der Waals surface area contributed by atoms with Crippen molar-refractivity contribution in [3.8, 4) is 0 Å². The van der Waals surface area contributed by atoms with E-state index in [9.17, 15) is 31.5 Å². The first-order chi connectivity index (χ1) is 19.3. The van der Waals surface area contributed by atoms with Gasteiger partial charge in [0.25, 0.3) is 5.91 Å². The number of halogens is 5. The number of imidazole rings is 1. The molecule has 0 aliphatic heterocycles. The van der Waals surface area contributed by atoms with E-state index < -0.39 is 48.8 Å². The van der Waals surface area contributed by atoms with Crippen molar-refractivity contribution in [2.24, 2.45) is 11.8 Å². The van der Waals surface area contributed by atoms with E-state index in [4.69, 9.17) is 4.52 Å². The van der Waals surface area contributed by atoms with E-state index in [2.05, 4.69) is 25.9 Å². The number of aryl methyl sites for hydroxylation is 1. The minimum atomic E-state index is -4.43. The fourth-order valence-corrected chi connectivity index (χ4v) is 5.30. The second-order valence-electron chi connectivity index (χ2n) is 11.1. The summed E-state index contributed by atoms with van der Waals surface area (Å²) in [5.41, 5.74) is 2.54. The van der Waals surface area contributed by atoms with Gasteiger partial charge in [0.1, 0.15) is 0 Å². The third-order valence-corrected chi connectivity index (χ3v) is 7.97. The number of amides is 2. The Balaban J connectivity index is 1.40. The van der Waals surface area contributed by atoms with Crippen LogP contribution in [0, 0.1) is 25.7 Å². The van der Waals surface area contributed by atoms with Crippen LogP contribution in [-0.2, 0) is 4.79 Å². The van der Waals surface area contributed by atoms with Gasteiger partial charge in [-0.3, -0.25) is 9.59 Å². The number of hydrogen-bond donors (Lipinski definition) is 2. The number of rotatable bonds is 9. The van der Waals surface area contributed by atoms with Gasteiger partial charge < -0.3 is 15.2 Å². The summed E-state index contributed by atoms with van der Waals surface area (Å²) in [7, 11) is 0. The lowest BCUT2D eigenvalue weighted by Crippen LogP contribution is -2.37. The van der Waals surface area contributed by atoms with Gasteiger partial charge in [-0.15, -0.1) is 0 Å². The van der Waals surface area contributed by atoms with E-state index in [1.165, 1.54) is 10.7 Å². The molecule has 0 radical (unpaired) electrons. The molecule has 2 N–H and O–H groups in total. The van der Waals surface area contributed by atoms with Crippen molar-refractivity contribution in [3.63, 3.8) is 0 Å². The van der Waals surface area contributed by atoms with E-state index >= 15 is 0 Å². The van der Waals surface area contributed by atoms with Crippen LogP contribution in [0.5, 0.6) is 0 Å². The number of hydrogen-bond acceptors (Lipinski definition) is 6. The fraction of sp³-hybridized carbons (Fsp3) is 0.593. The molecule has 9 nitrogen and oxygen atoms in total. The Labute approximate surface area is 232 Å². The Morgan fingerprint density at radius 1 is 1.10 bits per heavy atom. The largest absolute Gasteiger partial charge is 0.389 e. The molecule has 5 rings (SSSR count). The molecule has 222 valence electrons. The summed E-state index contributed by atoms with van der Waals surface area (Å²) in [5, 5.41) is 13.8. The van der Waals surface area contributed by atoms with Gasteiger partial charge in [0.05, 0.1) is 42.3 Å². The van der Waals surface area contributed by atoms with Crippen LogP contribution in [-0.4, -0.2) is 43.7 Å². The molecule has 0 aromatic carbocycles. The van der Waals surface area contributed by atoms with Gasteiger partial charge in [0.15, 0.2) is 5.65 Å². The number of alkyl halides is 5. The van der Waals surface area contributed by atoms with Gasteiger partial charge >= 0.3 is 6.18 Å². The second-order valence-corrected chi connectivity index (χ2v) is 11.1. The zero-order chi connectivity index (χ0) is 29.5. The summed E-state index contributed by atoms with van der Waals surface area (Å²) in [6, 6.07) is 0.471. The topological polar surface area (TPSA) is 114 Å². The van der Waals surface area contributed by atoms with E-state index in [0.29, 0.717) is 28.2 Å². The molecule has 2 saturated carbocycles. The molecule has 41 heavy (non-hydrogen) atoms. The summed E-state index contributed by atoms with van der Waals surface area (Å²) in [6.07, 6.45) is -1.79. The lowest BCUT2D eigenvalue weighted by atomic mass is 9.81. The summed E-state index contributed by atoms with van der Waals surface area (Å²) in [4.78, 5) is 30.1. The Kier molecular flexibility index (Phi) is 7.77. The third-order valence-electron chi connectivity index (χ3n) is 7.97. The molecule has 0 spiro atoms. The zero-order valence-corrected chi connectivity index (χ0v) is 22.6. The van der Waals surface area contributed by atoms with Crippen LogP contribution in [0.2, 0.25) is 0 Å². The van der Waals surface area contributed by atoms with Gasteiger partial charge in [-0.05, 0) is 63.0 Å². The van der Waals surface area contributed by atoms with Gasteiger partial charge in [0.2, 0.25) is 17.6 Å². The highest BCUT2D eigenvalue weighted by molar-refractivity contribution is 5.93. The molecule has 0 saturated heterocycles. The predicted molar refractivity (Wildman–Crippen MR) is 135 cm³/mol. The Morgan fingerprint density at radius 2 is 1.78 bits per heavy atom. The Hall–Kier alpha value is -3.58. The second kappa shape index (κ2) is 11.0. The minimum absolute atomic E-state index is 0.0337. The average molecular weight is 583 g/mol. The minimum Gasteiger partial charge on any atom is -0.350 e. The zero-order valence-electron chi connectivity index (χ0n) is 22.6. The van der Waals surface area contributed by atoms with Crippen LogP contribution >= 0.6 is 0 Å². The number of aromatic nitrogens is 4. The lowest BCUT2D eigenvalue weighted by molar-refractivity contribution is -0.144. The van der Waals surface area contributed by atoms with Crippen molar-refractivity contribution >= 4 is 17.5 Å². The quantitative estimate of drug-likeness (QED) is 0.320.